The lowest BCUT2D eigenvalue weighted by Crippen LogP contribution is -2.33. The fourth-order valence-electron chi connectivity index (χ4n) is 1.84. The number of nitrogens with zero attached hydrogens (tertiary/aromatic N) is 1. The highest BCUT2D eigenvalue weighted by atomic mass is 35.5. The van der Waals surface area contributed by atoms with Crippen molar-refractivity contribution in [3.63, 3.8) is 0 Å². The van der Waals surface area contributed by atoms with Gasteiger partial charge >= 0.3 is 5.97 Å². The molecule has 7 heteroatoms. The lowest BCUT2D eigenvalue weighted by atomic mass is 10.3. The smallest absolute Gasteiger partial charge is 0.317 e. The number of carbonyl (C=O) groups is 2. The van der Waals surface area contributed by atoms with Crippen LogP contribution in [0, 0.1) is 0 Å². The van der Waals surface area contributed by atoms with Gasteiger partial charge in [-0.3, -0.25) is 14.5 Å². The van der Waals surface area contributed by atoms with E-state index in [0.29, 0.717) is 28.8 Å². The predicted molar refractivity (Wildman–Crippen MR) is 84.1 cm³/mol. The third-order valence-electron chi connectivity index (χ3n) is 2.76. The molecule has 0 aromatic heterocycles. The molecule has 0 spiro atoms. The molecule has 0 unspecified atom stereocenters. The molecule has 0 heterocycles. The zero-order chi connectivity index (χ0) is 15.8. The summed E-state index contributed by atoms with van der Waals surface area (Å²) >= 11 is 11.8. The average molecular weight is 333 g/mol. The second kappa shape index (κ2) is 8.87. The number of amides is 1. The van der Waals surface area contributed by atoms with Crippen LogP contribution in [0.2, 0.25) is 10.0 Å². The molecule has 0 atom stereocenters. The first-order valence-electron chi connectivity index (χ1n) is 6.61. The number of nitrogens with one attached hydrogen (secondary N) is 1. The molecular weight excluding hydrogens is 315 g/mol. The van der Waals surface area contributed by atoms with E-state index in [1.807, 2.05) is 6.92 Å². The number of rotatable bonds is 8. The van der Waals surface area contributed by atoms with Gasteiger partial charge in [-0.05, 0) is 31.2 Å². The lowest BCUT2D eigenvalue weighted by molar-refractivity contribution is -0.138. The average Bonchev–Trinajstić information content (AvgIpc) is 2.40. The van der Waals surface area contributed by atoms with Crippen molar-refractivity contribution in [2.24, 2.45) is 0 Å². The molecule has 116 valence electrons. The van der Waals surface area contributed by atoms with Crippen LogP contribution >= 0.6 is 23.2 Å². The number of halogens is 2. The van der Waals surface area contributed by atoms with Crippen LogP contribution in [-0.4, -0.2) is 41.5 Å². The minimum absolute atomic E-state index is 0.0704. The summed E-state index contributed by atoms with van der Waals surface area (Å²) in [6.45, 7) is 2.90. The number of aliphatic carboxylic acids is 1. The van der Waals surface area contributed by atoms with Crippen LogP contribution in [0.5, 0.6) is 0 Å². The first-order valence-corrected chi connectivity index (χ1v) is 7.37. The van der Waals surface area contributed by atoms with E-state index in [4.69, 9.17) is 28.3 Å². The monoisotopic (exact) mass is 332 g/mol. The van der Waals surface area contributed by atoms with Gasteiger partial charge in [0.2, 0.25) is 5.91 Å². The SMILES string of the molecule is CCCN(CCC(=O)Nc1cc(Cl)ccc1Cl)CC(=O)O. The Bertz CT molecular complexity index is 509. The molecular formula is C14H18Cl2N2O3. The number of carboxylic acid groups (broad SMARTS) is 1. The van der Waals surface area contributed by atoms with Crippen LogP contribution in [0.4, 0.5) is 5.69 Å². The summed E-state index contributed by atoms with van der Waals surface area (Å²) in [5.74, 6) is -1.13. The fourth-order valence-corrected chi connectivity index (χ4v) is 2.18. The number of benzene rings is 1. The van der Waals surface area contributed by atoms with Gasteiger partial charge < -0.3 is 10.4 Å². The highest BCUT2D eigenvalue weighted by Crippen LogP contribution is 2.25. The van der Waals surface area contributed by atoms with Crippen LogP contribution in [0.25, 0.3) is 0 Å². The molecule has 0 saturated carbocycles. The molecule has 0 radical (unpaired) electrons. The minimum Gasteiger partial charge on any atom is -0.480 e. The normalized spacial score (nSPS) is 10.7. The predicted octanol–water partition coefficient (Wildman–Crippen LogP) is 3.12. The topological polar surface area (TPSA) is 69.6 Å². The molecule has 2 N–H and O–H groups in total. The number of carbonyl (C=O) groups excluding carboxylic acids is 1. The third-order valence-corrected chi connectivity index (χ3v) is 3.32. The Morgan fingerprint density at radius 3 is 2.62 bits per heavy atom. The van der Waals surface area contributed by atoms with E-state index in [2.05, 4.69) is 5.32 Å². The summed E-state index contributed by atoms with van der Waals surface area (Å²) in [5, 5.41) is 12.4. The standard InChI is InChI=1S/C14H18Cl2N2O3/c1-2-6-18(9-14(20)21)7-5-13(19)17-12-8-10(15)3-4-11(12)16/h3-4,8H,2,5-7,9H2,1H3,(H,17,19)(H,20,21). The van der Waals surface area contributed by atoms with Crippen molar-refractivity contribution in [3.8, 4) is 0 Å². The van der Waals surface area contributed by atoms with Crippen LogP contribution < -0.4 is 5.32 Å². The van der Waals surface area contributed by atoms with Crippen molar-refractivity contribution in [1.29, 1.82) is 0 Å². The molecule has 1 rings (SSSR count). The maximum absolute atomic E-state index is 11.9. The van der Waals surface area contributed by atoms with Crippen molar-refractivity contribution in [2.75, 3.05) is 25.0 Å². The largest absolute Gasteiger partial charge is 0.480 e. The van der Waals surface area contributed by atoms with E-state index in [9.17, 15) is 9.59 Å². The quantitative estimate of drug-likeness (QED) is 0.767. The molecule has 0 saturated heterocycles. The molecule has 0 bridgehead atoms. The molecule has 0 aliphatic rings. The van der Waals surface area contributed by atoms with E-state index in [0.717, 1.165) is 6.42 Å². The van der Waals surface area contributed by atoms with Crippen molar-refractivity contribution in [1.82, 2.24) is 4.90 Å². The fraction of sp³-hybridized carbons (Fsp3) is 0.429. The first-order chi connectivity index (χ1) is 9.92. The molecule has 0 fully saturated rings. The maximum atomic E-state index is 11.9. The number of anilines is 1. The van der Waals surface area contributed by atoms with E-state index >= 15 is 0 Å². The molecule has 1 aromatic carbocycles. The zero-order valence-electron chi connectivity index (χ0n) is 11.7. The first kappa shape index (κ1) is 17.8. The van der Waals surface area contributed by atoms with Gasteiger partial charge in [0.1, 0.15) is 0 Å². The Morgan fingerprint density at radius 2 is 2.00 bits per heavy atom. The van der Waals surface area contributed by atoms with Gasteiger partial charge in [-0.15, -0.1) is 0 Å². The second-order valence-corrected chi connectivity index (χ2v) is 5.44. The molecule has 0 aliphatic carbocycles. The zero-order valence-corrected chi connectivity index (χ0v) is 13.2. The number of carboxylic acids is 1. The van der Waals surface area contributed by atoms with Crippen LogP contribution in [0.1, 0.15) is 19.8 Å². The maximum Gasteiger partial charge on any atom is 0.317 e. The van der Waals surface area contributed by atoms with Crippen molar-refractivity contribution in [2.45, 2.75) is 19.8 Å². The summed E-state index contributed by atoms with van der Waals surface area (Å²) in [6, 6.07) is 4.81. The van der Waals surface area contributed by atoms with Crippen LogP contribution in [0.15, 0.2) is 18.2 Å². The summed E-state index contributed by atoms with van der Waals surface area (Å²) in [6.07, 6.45) is 1.02. The Kier molecular flexibility index (Phi) is 7.50. The Hall–Kier alpha value is -1.30. The lowest BCUT2D eigenvalue weighted by Gasteiger charge is -2.19. The van der Waals surface area contributed by atoms with Gasteiger partial charge in [-0.1, -0.05) is 30.1 Å². The molecule has 1 amide bonds. The summed E-state index contributed by atoms with van der Waals surface area (Å²) in [4.78, 5) is 24.3. The van der Waals surface area contributed by atoms with Gasteiger partial charge in [0.25, 0.3) is 0 Å². The summed E-state index contributed by atoms with van der Waals surface area (Å²) in [5.41, 5.74) is 0.453. The van der Waals surface area contributed by atoms with Crippen molar-refractivity contribution >= 4 is 40.8 Å². The van der Waals surface area contributed by atoms with Gasteiger partial charge in [0.05, 0.1) is 17.3 Å². The second-order valence-electron chi connectivity index (χ2n) is 4.59. The molecule has 0 aliphatic heterocycles. The number of hydrogen-bond acceptors (Lipinski definition) is 3. The Balaban J connectivity index is 2.52. The Labute approximate surface area is 133 Å². The van der Waals surface area contributed by atoms with Gasteiger partial charge in [0.15, 0.2) is 0 Å². The highest BCUT2D eigenvalue weighted by Gasteiger charge is 2.12. The van der Waals surface area contributed by atoms with Crippen LogP contribution in [0.3, 0.4) is 0 Å². The van der Waals surface area contributed by atoms with Gasteiger partial charge in [0, 0.05) is 18.0 Å². The van der Waals surface area contributed by atoms with Crippen LogP contribution in [-0.2, 0) is 9.59 Å². The van der Waals surface area contributed by atoms with Crippen molar-refractivity contribution < 1.29 is 14.7 Å². The minimum atomic E-state index is -0.901. The van der Waals surface area contributed by atoms with Gasteiger partial charge in [-0.2, -0.15) is 0 Å². The Morgan fingerprint density at radius 1 is 1.29 bits per heavy atom. The molecule has 21 heavy (non-hydrogen) atoms. The van der Waals surface area contributed by atoms with E-state index in [1.165, 1.54) is 0 Å². The van der Waals surface area contributed by atoms with Crippen molar-refractivity contribution in [3.05, 3.63) is 28.2 Å². The molecule has 1 aromatic rings. The summed E-state index contributed by atoms with van der Waals surface area (Å²) in [7, 11) is 0. The van der Waals surface area contributed by atoms with E-state index in [1.54, 1.807) is 23.1 Å². The molecule has 5 nitrogen and oxygen atoms in total. The summed E-state index contributed by atoms with van der Waals surface area (Å²) < 4.78 is 0. The highest BCUT2D eigenvalue weighted by molar-refractivity contribution is 6.35. The third kappa shape index (κ3) is 6.80. The number of hydrogen-bond donors (Lipinski definition) is 2. The van der Waals surface area contributed by atoms with E-state index < -0.39 is 5.97 Å². The van der Waals surface area contributed by atoms with E-state index in [-0.39, 0.29) is 18.9 Å². The van der Waals surface area contributed by atoms with Gasteiger partial charge in [-0.25, -0.2) is 0 Å².